The summed E-state index contributed by atoms with van der Waals surface area (Å²) >= 11 is 1.25. The third-order valence-electron chi connectivity index (χ3n) is 2.50. The lowest BCUT2D eigenvalue weighted by Gasteiger charge is -2.05. The molecule has 0 fully saturated rings. The summed E-state index contributed by atoms with van der Waals surface area (Å²) in [6.45, 7) is 3.75. The molecular weight excluding hydrogens is 262 g/mol. The molecule has 0 radical (unpaired) electrons. The molecule has 0 aliphatic carbocycles. The minimum atomic E-state index is -0.102. The van der Waals surface area contributed by atoms with Crippen LogP contribution in [-0.4, -0.2) is 26.5 Å². The highest BCUT2D eigenvalue weighted by Gasteiger charge is 2.09. The number of carbonyl (C=O) groups excluding carboxylic acids is 1. The third-order valence-corrected chi connectivity index (χ3v) is 3.45. The largest absolute Gasteiger partial charge is 0.336 e. The number of anilines is 1. The lowest BCUT2D eigenvalue weighted by molar-refractivity contribution is -0.113. The van der Waals surface area contributed by atoms with Gasteiger partial charge in [-0.05, 0) is 26.0 Å². The summed E-state index contributed by atoms with van der Waals surface area (Å²) in [5.74, 6) is 6.45. The predicted molar refractivity (Wildman–Crippen MR) is 75.4 cm³/mol. The molecule has 1 aromatic heterocycles. The van der Waals surface area contributed by atoms with Crippen LogP contribution in [0.3, 0.4) is 0 Å². The van der Waals surface area contributed by atoms with Crippen molar-refractivity contribution in [1.82, 2.24) is 14.9 Å². The van der Waals surface area contributed by atoms with E-state index in [1.54, 1.807) is 6.92 Å². The molecule has 0 saturated heterocycles. The number of nitrogens with zero attached hydrogens (tertiary/aromatic N) is 3. The molecule has 0 unspecified atom stereocenters. The Morgan fingerprint density at radius 3 is 2.58 bits per heavy atom. The SMILES string of the molecule is Cc1ccc(NC(=O)CSc2nnc(C)n2N)cc1. The summed E-state index contributed by atoms with van der Waals surface area (Å²) in [5.41, 5.74) is 1.93. The number of thioether (sulfide) groups is 1. The summed E-state index contributed by atoms with van der Waals surface area (Å²) in [7, 11) is 0. The molecule has 1 heterocycles. The summed E-state index contributed by atoms with van der Waals surface area (Å²) < 4.78 is 1.36. The van der Waals surface area contributed by atoms with Gasteiger partial charge in [0.2, 0.25) is 11.1 Å². The number of aryl methyl sites for hydroxylation is 2. The first-order valence-corrected chi connectivity index (χ1v) is 6.71. The molecule has 100 valence electrons. The molecule has 2 aromatic rings. The molecule has 0 aliphatic heterocycles. The molecule has 0 saturated carbocycles. The Bertz CT molecular complexity index is 578. The van der Waals surface area contributed by atoms with Crippen molar-refractivity contribution in [3.8, 4) is 0 Å². The fourth-order valence-corrected chi connectivity index (χ4v) is 2.11. The Kier molecular flexibility index (Phi) is 4.06. The normalized spacial score (nSPS) is 10.4. The van der Waals surface area contributed by atoms with Crippen LogP contribution in [0.1, 0.15) is 11.4 Å². The lowest BCUT2D eigenvalue weighted by Crippen LogP contribution is -2.16. The van der Waals surface area contributed by atoms with Crippen LogP contribution in [0.15, 0.2) is 29.4 Å². The number of aromatic nitrogens is 3. The molecule has 1 amide bonds. The molecule has 2 rings (SSSR count). The van der Waals surface area contributed by atoms with Gasteiger partial charge in [-0.1, -0.05) is 29.5 Å². The maximum atomic E-state index is 11.8. The van der Waals surface area contributed by atoms with Crippen LogP contribution >= 0.6 is 11.8 Å². The van der Waals surface area contributed by atoms with E-state index in [9.17, 15) is 4.79 Å². The molecule has 1 aromatic carbocycles. The summed E-state index contributed by atoms with van der Waals surface area (Å²) in [5, 5.41) is 11.0. The van der Waals surface area contributed by atoms with Crippen molar-refractivity contribution in [1.29, 1.82) is 0 Å². The third kappa shape index (κ3) is 3.47. The second-order valence-corrected chi connectivity index (χ2v) is 5.05. The average Bonchev–Trinajstić information content (AvgIpc) is 2.70. The topological polar surface area (TPSA) is 85.8 Å². The van der Waals surface area contributed by atoms with Crippen molar-refractivity contribution in [3.63, 3.8) is 0 Å². The van der Waals surface area contributed by atoms with Crippen LogP contribution in [0.5, 0.6) is 0 Å². The molecule has 0 bridgehead atoms. The Labute approximate surface area is 115 Å². The maximum Gasteiger partial charge on any atom is 0.234 e. The maximum absolute atomic E-state index is 11.8. The number of nitrogens with two attached hydrogens (primary N) is 1. The summed E-state index contributed by atoms with van der Waals surface area (Å²) in [4.78, 5) is 11.8. The molecule has 3 N–H and O–H groups in total. The zero-order chi connectivity index (χ0) is 13.8. The van der Waals surface area contributed by atoms with Crippen molar-refractivity contribution in [2.75, 3.05) is 16.9 Å². The van der Waals surface area contributed by atoms with E-state index in [4.69, 9.17) is 5.84 Å². The van der Waals surface area contributed by atoms with Gasteiger partial charge < -0.3 is 11.2 Å². The van der Waals surface area contributed by atoms with E-state index in [-0.39, 0.29) is 11.7 Å². The van der Waals surface area contributed by atoms with E-state index in [0.29, 0.717) is 11.0 Å². The van der Waals surface area contributed by atoms with Crippen molar-refractivity contribution in [2.24, 2.45) is 0 Å². The van der Waals surface area contributed by atoms with E-state index in [2.05, 4.69) is 15.5 Å². The standard InChI is InChI=1S/C12H15N5OS/c1-8-3-5-10(6-4-8)14-11(18)7-19-12-16-15-9(2)17(12)13/h3-6H,7,13H2,1-2H3,(H,14,18). The van der Waals surface area contributed by atoms with Gasteiger partial charge in [-0.2, -0.15) is 0 Å². The molecule has 6 nitrogen and oxygen atoms in total. The molecular formula is C12H15N5OS. The second-order valence-electron chi connectivity index (χ2n) is 4.10. The highest BCUT2D eigenvalue weighted by Crippen LogP contribution is 2.15. The Hall–Kier alpha value is -2.02. The highest BCUT2D eigenvalue weighted by atomic mass is 32.2. The van der Waals surface area contributed by atoms with Gasteiger partial charge in [0.1, 0.15) is 5.82 Å². The fourth-order valence-electron chi connectivity index (χ4n) is 1.41. The number of hydrogen-bond donors (Lipinski definition) is 2. The predicted octanol–water partition coefficient (Wildman–Crippen LogP) is 1.34. The number of hydrogen-bond acceptors (Lipinski definition) is 5. The number of nitrogen functional groups attached to an aromatic ring is 1. The fraction of sp³-hybridized carbons (Fsp3) is 0.250. The van der Waals surface area contributed by atoms with Crippen LogP contribution in [0.4, 0.5) is 5.69 Å². The molecule has 0 aliphatic rings. The van der Waals surface area contributed by atoms with Crippen LogP contribution in [0.25, 0.3) is 0 Å². The van der Waals surface area contributed by atoms with Crippen molar-refractivity contribution < 1.29 is 4.79 Å². The number of amides is 1. The zero-order valence-electron chi connectivity index (χ0n) is 10.8. The van der Waals surface area contributed by atoms with Gasteiger partial charge in [-0.15, -0.1) is 10.2 Å². The minimum Gasteiger partial charge on any atom is -0.336 e. The van der Waals surface area contributed by atoms with Gasteiger partial charge in [0, 0.05) is 5.69 Å². The van der Waals surface area contributed by atoms with E-state index in [1.807, 2.05) is 31.2 Å². The minimum absolute atomic E-state index is 0.102. The molecule has 0 atom stereocenters. The quantitative estimate of drug-likeness (QED) is 0.650. The van der Waals surface area contributed by atoms with Crippen molar-refractivity contribution in [3.05, 3.63) is 35.7 Å². The smallest absolute Gasteiger partial charge is 0.234 e. The average molecular weight is 277 g/mol. The van der Waals surface area contributed by atoms with Gasteiger partial charge in [-0.25, -0.2) is 4.68 Å². The highest BCUT2D eigenvalue weighted by molar-refractivity contribution is 7.99. The van der Waals surface area contributed by atoms with Gasteiger partial charge in [0.05, 0.1) is 5.75 Å². The van der Waals surface area contributed by atoms with Crippen LogP contribution in [0.2, 0.25) is 0 Å². The first kappa shape index (κ1) is 13.4. The van der Waals surface area contributed by atoms with E-state index >= 15 is 0 Å². The van der Waals surface area contributed by atoms with Crippen LogP contribution in [0, 0.1) is 13.8 Å². The number of carbonyl (C=O) groups is 1. The lowest BCUT2D eigenvalue weighted by atomic mass is 10.2. The molecule has 0 spiro atoms. The Morgan fingerprint density at radius 2 is 2.00 bits per heavy atom. The van der Waals surface area contributed by atoms with Gasteiger partial charge in [-0.3, -0.25) is 4.79 Å². The molecule has 19 heavy (non-hydrogen) atoms. The first-order chi connectivity index (χ1) is 9.06. The van der Waals surface area contributed by atoms with Gasteiger partial charge in [0.25, 0.3) is 0 Å². The van der Waals surface area contributed by atoms with Crippen LogP contribution in [-0.2, 0) is 4.79 Å². The first-order valence-electron chi connectivity index (χ1n) is 5.72. The zero-order valence-corrected chi connectivity index (χ0v) is 11.6. The Balaban J connectivity index is 1.88. The van der Waals surface area contributed by atoms with Crippen molar-refractivity contribution in [2.45, 2.75) is 19.0 Å². The van der Waals surface area contributed by atoms with Gasteiger partial charge in [0.15, 0.2) is 0 Å². The Morgan fingerprint density at radius 1 is 1.32 bits per heavy atom. The number of benzene rings is 1. The van der Waals surface area contributed by atoms with E-state index < -0.39 is 0 Å². The number of nitrogens with one attached hydrogen (secondary N) is 1. The van der Waals surface area contributed by atoms with E-state index in [0.717, 1.165) is 11.3 Å². The van der Waals surface area contributed by atoms with E-state index in [1.165, 1.54) is 16.4 Å². The number of rotatable bonds is 4. The summed E-state index contributed by atoms with van der Waals surface area (Å²) in [6, 6.07) is 7.63. The second kappa shape index (κ2) is 5.75. The van der Waals surface area contributed by atoms with Crippen LogP contribution < -0.4 is 11.2 Å². The molecule has 7 heteroatoms. The van der Waals surface area contributed by atoms with Gasteiger partial charge >= 0.3 is 0 Å². The summed E-state index contributed by atoms with van der Waals surface area (Å²) in [6.07, 6.45) is 0. The van der Waals surface area contributed by atoms with Crippen molar-refractivity contribution >= 4 is 23.4 Å². The monoisotopic (exact) mass is 277 g/mol.